The van der Waals surface area contributed by atoms with Crippen molar-refractivity contribution in [1.82, 2.24) is 10.2 Å². The number of carbonyl (C=O) groups is 2. The third-order valence-electron chi connectivity index (χ3n) is 4.90. The maximum absolute atomic E-state index is 12.4. The molecule has 4 rings (SSSR count). The van der Waals surface area contributed by atoms with Crippen LogP contribution in [-0.2, 0) is 9.59 Å². The Bertz CT molecular complexity index is 1030. The first-order chi connectivity index (χ1) is 14.6. The summed E-state index contributed by atoms with van der Waals surface area (Å²) in [5.41, 5.74) is 2.65. The monoisotopic (exact) mass is 421 g/mol. The van der Waals surface area contributed by atoms with E-state index in [9.17, 15) is 9.59 Å². The lowest BCUT2D eigenvalue weighted by Crippen LogP contribution is -2.32. The van der Waals surface area contributed by atoms with Gasteiger partial charge in [-0.25, -0.2) is 4.99 Å². The number of hydrogen-bond donors (Lipinski definition) is 1. The Morgan fingerprint density at radius 3 is 2.80 bits per heavy atom. The summed E-state index contributed by atoms with van der Waals surface area (Å²) in [5.74, 6) is 0.375. The molecule has 0 atom stereocenters. The Morgan fingerprint density at radius 2 is 2.00 bits per heavy atom. The van der Waals surface area contributed by atoms with Gasteiger partial charge in [-0.1, -0.05) is 30.3 Å². The predicted molar refractivity (Wildman–Crippen MR) is 120 cm³/mol. The number of amides is 2. The van der Waals surface area contributed by atoms with E-state index in [1.165, 1.54) is 11.8 Å². The second kappa shape index (κ2) is 9.17. The van der Waals surface area contributed by atoms with Gasteiger partial charge in [-0.15, -0.1) is 0 Å². The second-order valence-electron chi connectivity index (χ2n) is 7.24. The zero-order valence-corrected chi connectivity index (χ0v) is 17.6. The Balaban J connectivity index is 1.48. The van der Waals surface area contributed by atoms with Gasteiger partial charge in [0.25, 0.3) is 11.8 Å². The number of ether oxygens (including phenoxy) is 1. The Labute approximate surface area is 180 Å². The fourth-order valence-corrected chi connectivity index (χ4v) is 4.20. The Morgan fingerprint density at radius 1 is 1.20 bits per heavy atom. The van der Waals surface area contributed by atoms with Gasteiger partial charge >= 0.3 is 0 Å². The normalized spacial score (nSPS) is 18.8. The van der Waals surface area contributed by atoms with Crippen LogP contribution in [0.4, 0.5) is 5.69 Å². The van der Waals surface area contributed by atoms with Crippen molar-refractivity contribution in [2.24, 2.45) is 4.99 Å². The summed E-state index contributed by atoms with van der Waals surface area (Å²) in [7, 11) is 0. The van der Waals surface area contributed by atoms with Gasteiger partial charge < -0.3 is 15.0 Å². The molecule has 2 aliphatic heterocycles. The fourth-order valence-electron chi connectivity index (χ4n) is 3.37. The van der Waals surface area contributed by atoms with Gasteiger partial charge in [0, 0.05) is 18.7 Å². The first-order valence-electron chi connectivity index (χ1n) is 9.94. The van der Waals surface area contributed by atoms with Gasteiger partial charge in [-0.2, -0.15) is 0 Å². The van der Waals surface area contributed by atoms with Gasteiger partial charge in [-0.3, -0.25) is 9.59 Å². The third-order valence-corrected chi connectivity index (χ3v) is 5.81. The molecule has 2 aromatic rings. The molecule has 2 aliphatic rings. The zero-order valence-electron chi connectivity index (χ0n) is 16.8. The van der Waals surface area contributed by atoms with E-state index in [0.717, 1.165) is 42.7 Å². The lowest BCUT2D eigenvalue weighted by atomic mass is 10.2. The van der Waals surface area contributed by atoms with Crippen LogP contribution in [0.5, 0.6) is 5.75 Å². The number of aryl methyl sites for hydroxylation is 1. The van der Waals surface area contributed by atoms with Crippen LogP contribution < -0.4 is 10.1 Å². The number of nitrogens with zero attached hydrogens (tertiary/aromatic N) is 2. The van der Waals surface area contributed by atoms with E-state index in [0.29, 0.717) is 15.8 Å². The van der Waals surface area contributed by atoms with Crippen LogP contribution in [-0.4, -0.2) is 41.6 Å². The summed E-state index contributed by atoms with van der Waals surface area (Å²) in [5, 5.41) is 3.34. The van der Waals surface area contributed by atoms with Crippen LogP contribution in [0.1, 0.15) is 24.0 Å². The number of carbonyl (C=O) groups excluding carboxylic acids is 2. The van der Waals surface area contributed by atoms with E-state index in [1.807, 2.05) is 60.4 Å². The van der Waals surface area contributed by atoms with Gasteiger partial charge in [0.15, 0.2) is 11.8 Å². The topological polar surface area (TPSA) is 71.0 Å². The maximum Gasteiger partial charge on any atom is 0.264 e. The number of aliphatic imine (C=N–C) groups is 1. The average molecular weight is 422 g/mol. The molecule has 2 amide bonds. The number of likely N-dealkylation sites (tertiary alicyclic amines) is 1. The average Bonchev–Trinajstić information content (AvgIpc) is 3.38. The summed E-state index contributed by atoms with van der Waals surface area (Å²) in [6, 6.07) is 15.2. The molecule has 1 N–H and O–H groups in total. The van der Waals surface area contributed by atoms with Crippen LogP contribution in [0.2, 0.25) is 0 Å². The molecule has 0 aromatic heterocycles. The molecule has 2 aromatic carbocycles. The number of benzene rings is 2. The number of rotatable bonds is 5. The molecule has 6 nitrogen and oxygen atoms in total. The van der Waals surface area contributed by atoms with Crippen molar-refractivity contribution < 1.29 is 14.3 Å². The van der Waals surface area contributed by atoms with E-state index >= 15 is 0 Å². The Hall–Kier alpha value is -3.06. The molecule has 2 fully saturated rings. The number of para-hydroxylation sites is 1. The smallest absolute Gasteiger partial charge is 0.264 e. The minimum atomic E-state index is -0.200. The van der Waals surface area contributed by atoms with Crippen LogP contribution in [0.3, 0.4) is 0 Å². The molecular weight excluding hydrogens is 398 g/mol. The molecule has 0 bridgehead atoms. The standard InChI is InChI=1S/C23H23N3O3S/c1-16-7-6-9-18(13-16)24-23-25-22(28)20(30-23)14-17-8-2-3-10-19(17)29-15-21(27)26-11-4-5-12-26/h2-3,6-10,13-14H,4-5,11-12,15H2,1H3,(H,24,25,28)/b20-14+. The van der Waals surface area contributed by atoms with Crippen molar-refractivity contribution in [3.05, 3.63) is 64.6 Å². The SMILES string of the molecule is Cc1cccc(N=C2NC(=O)/C(=C\c3ccccc3OCC(=O)N3CCCC3)S2)c1. The number of nitrogens with one attached hydrogen (secondary N) is 1. The second-order valence-corrected chi connectivity index (χ2v) is 8.27. The number of amidine groups is 1. The quantitative estimate of drug-likeness (QED) is 0.744. The lowest BCUT2D eigenvalue weighted by Gasteiger charge is -2.16. The largest absolute Gasteiger partial charge is 0.483 e. The molecule has 0 radical (unpaired) electrons. The van der Waals surface area contributed by atoms with Crippen LogP contribution in [0.15, 0.2) is 58.4 Å². The van der Waals surface area contributed by atoms with Crippen molar-refractivity contribution in [1.29, 1.82) is 0 Å². The first-order valence-corrected chi connectivity index (χ1v) is 10.8. The van der Waals surface area contributed by atoms with E-state index < -0.39 is 0 Å². The predicted octanol–water partition coefficient (Wildman–Crippen LogP) is 3.89. The maximum atomic E-state index is 12.4. The molecule has 2 saturated heterocycles. The van der Waals surface area contributed by atoms with Crippen LogP contribution >= 0.6 is 11.8 Å². The fraction of sp³-hybridized carbons (Fsp3) is 0.261. The van der Waals surface area contributed by atoms with E-state index in [4.69, 9.17) is 4.74 Å². The van der Waals surface area contributed by atoms with Gasteiger partial charge in [0.1, 0.15) is 5.75 Å². The molecule has 154 valence electrons. The molecular formula is C23H23N3O3S. The van der Waals surface area contributed by atoms with Crippen molar-refractivity contribution in [2.75, 3.05) is 19.7 Å². The summed E-state index contributed by atoms with van der Waals surface area (Å²) in [6.45, 7) is 3.60. The van der Waals surface area contributed by atoms with E-state index in [-0.39, 0.29) is 18.4 Å². The zero-order chi connectivity index (χ0) is 20.9. The lowest BCUT2D eigenvalue weighted by molar-refractivity contribution is -0.132. The first kappa shape index (κ1) is 20.2. The molecule has 0 spiro atoms. The van der Waals surface area contributed by atoms with Crippen molar-refractivity contribution in [3.63, 3.8) is 0 Å². The van der Waals surface area contributed by atoms with Gasteiger partial charge in [0.2, 0.25) is 0 Å². The number of hydrogen-bond acceptors (Lipinski definition) is 5. The molecule has 0 unspecified atom stereocenters. The number of thioether (sulfide) groups is 1. The van der Waals surface area contributed by atoms with Gasteiger partial charge in [0.05, 0.1) is 10.6 Å². The summed E-state index contributed by atoms with van der Waals surface area (Å²) in [6.07, 6.45) is 3.87. The van der Waals surface area contributed by atoms with Crippen LogP contribution in [0, 0.1) is 6.92 Å². The van der Waals surface area contributed by atoms with E-state index in [2.05, 4.69) is 10.3 Å². The van der Waals surface area contributed by atoms with Crippen molar-refractivity contribution >= 4 is 40.5 Å². The molecule has 0 aliphatic carbocycles. The summed E-state index contributed by atoms with van der Waals surface area (Å²) >= 11 is 1.29. The minimum absolute atomic E-state index is 0.000404. The van der Waals surface area contributed by atoms with Gasteiger partial charge in [-0.05, 0) is 61.4 Å². The van der Waals surface area contributed by atoms with E-state index in [1.54, 1.807) is 6.08 Å². The highest BCUT2D eigenvalue weighted by atomic mass is 32.2. The highest BCUT2D eigenvalue weighted by molar-refractivity contribution is 8.18. The molecule has 0 saturated carbocycles. The van der Waals surface area contributed by atoms with Crippen LogP contribution in [0.25, 0.3) is 6.08 Å². The highest BCUT2D eigenvalue weighted by Crippen LogP contribution is 2.30. The Kier molecular flexibility index (Phi) is 6.18. The summed E-state index contributed by atoms with van der Waals surface area (Å²) in [4.78, 5) is 31.6. The summed E-state index contributed by atoms with van der Waals surface area (Å²) < 4.78 is 5.79. The molecule has 2 heterocycles. The highest BCUT2D eigenvalue weighted by Gasteiger charge is 2.24. The molecule has 7 heteroatoms. The van der Waals surface area contributed by atoms with Crippen molar-refractivity contribution in [2.45, 2.75) is 19.8 Å². The minimum Gasteiger partial charge on any atom is -0.483 e. The van der Waals surface area contributed by atoms with Crippen molar-refractivity contribution in [3.8, 4) is 5.75 Å². The molecule has 30 heavy (non-hydrogen) atoms. The third kappa shape index (κ3) is 4.91.